The van der Waals surface area contributed by atoms with Crippen molar-refractivity contribution in [2.75, 3.05) is 14.2 Å². The van der Waals surface area contributed by atoms with E-state index >= 15 is 0 Å². The average molecular weight is 253 g/mol. The number of thiophene rings is 1. The molecule has 1 amide bonds. The van der Waals surface area contributed by atoms with Gasteiger partial charge in [0.25, 0.3) is 5.91 Å². The van der Waals surface area contributed by atoms with Gasteiger partial charge in [-0.15, -0.1) is 10.2 Å². The molecule has 2 aromatic rings. The Labute approximate surface area is 102 Å². The molecule has 0 saturated carbocycles. The van der Waals surface area contributed by atoms with Crippen molar-refractivity contribution in [1.29, 1.82) is 0 Å². The fourth-order valence-electron chi connectivity index (χ4n) is 1.14. The first-order chi connectivity index (χ1) is 8.20. The first-order valence-electron chi connectivity index (χ1n) is 4.81. The highest BCUT2D eigenvalue weighted by Gasteiger charge is 2.12. The molecule has 0 aliphatic heterocycles. The predicted molar refractivity (Wildman–Crippen MR) is 60.9 cm³/mol. The fourth-order valence-corrected chi connectivity index (χ4v) is 1.77. The van der Waals surface area contributed by atoms with Crippen molar-refractivity contribution in [2.24, 2.45) is 0 Å². The number of carbonyl (C=O) groups is 1. The number of rotatable bonds is 4. The van der Waals surface area contributed by atoms with E-state index in [1.807, 2.05) is 16.8 Å². The zero-order chi connectivity index (χ0) is 12.3. The number of hydrogen-bond donors (Lipinski definition) is 0. The van der Waals surface area contributed by atoms with E-state index in [-0.39, 0.29) is 12.5 Å². The monoisotopic (exact) mass is 253 g/mol. The maximum Gasteiger partial charge on any atom is 0.269 e. The van der Waals surface area contributed by atoms with E-state index in [9.17, 15) is 4.79 Å². The molecule has 2 aromatic heterocycles. The summed E-state index contributed by atoms with van der Waals surface area (Å²) in [4.78, 5) is 17.5. The van der Waals surface area contributed by atoms with Gasteiger partial charge in [-0.1, -0.05) is 0 Å². The van der Waals surface area contributed by atoms with Crippen LogP contribution in [0.4, 0.5) is 0 Å². The Morgan fingerprint density at radius 1 is 1.65 bits per heavy atom. The Bertz CT molecular complexity index is 495. The fraction of sp³-hybridized carbons (Fsp3) is 0.333. The van der Waals surface area contributed by atoms with Crippen LogP contribution in [0.2, 0.25) is 0 Å². The highest BCUT2D eigenvalue weighted by Crippen LogP contribution is 2.16. The largest absolute Gasteiger partial charge is 0.275 e. The number of amides is 1. The van der Waals surface area contributed by atoms with E-state index in [4.69, 9.17) is 4.84 Å². The number of carbonyl (C=O) groups excluding carboxylic acids is 1. The molecule has 0 aliphatic carbocycles. The summed E-state index contributed by atoms with van der Waals surface area (Å²) in [7, 11) is 2.95. The average Bonchev–Trinajstić information content (AvgIpc) is 2.97. The van der Waals surface area contributed by atoms with Gasteiger partial charge >= 0.3 is 0 Å². The summed E-state index contributed by atoms with van der Waals surface area (Å²) in [6.07, 6.45) is 0. The third kappa shape index (κ3) is 2.66. The SMILES string of the molecule is CON(C)C(=O)Cn1nnc(-c2ccsc2)n1. The molecule has 17 heavy (non-hydrogen) atoms. The van der Waals surface area contributed by atoms with Crippen LogP contribution in [0.1, 0.15) is 0 Å². The van der Waals surface area contributed by atoms with Crippen molar-refractivity contribution in [3.05, 3.63) is 16.8 Å². The van der Waals surface area contributed by atoms with Gasteiger partial charge in [-0.05, 0) is 16.7 Å². The van der Waals surface area contributed by atoms with E-state index in [1.54, 1.807) is 11.3 Å². The van der Waals surface area contributed by atoms with E-state index < -0.39 is 0 Å². The number of aromatic nitrogens is 4. The molecule has 90 valence electrons. The van der Waals surface area contributed by atoms with E-state index in [2.05, 4.69) is 15.4 Å². The zero-order valence-electron chi connectivity index (χ0n) is 9.40. The lowest BCUT2D eigenvalue weighted by Gasteiger charge is -2.12. The third-order valence-electron chi connectivity index (χ3n) is 2.13. The van der Waals surface area contributed by atoms with Gasteiger partial charge in [0.05, 0.1) is 7.11 Å². The Hall–Kier alpha value is -1.80. The van der Waals surface area contributed by atoms with Gasteiger partial charge in [-0.3, -0.25) is 9.63 Å². The Kier molecular flexibility index (Phi) is 3.45. The lowest BCUT2D eigenvalue weighted by Crippen LogP contribution is -2.29. The zero-order valence-corrected chi connectivity index (χ0v) is 10.2. The summed E-state index contributed by atoms with van der Waals surface area (Å²) in [5, 5.41) is 16.8. The van der Waals surface area contributed by atoms with Gasteiger partial charge in [0.1, 0.15) is 6.54 Å². The van der Waals surface area contributed by atoms with Crippen LogP contribution < -0.4 is 0 Å². The Balaban J connectivity index is 2.07. The number of likely N-dealkylation sites (N-methyl/N-ethyl adjacent to an activating group) is 1. The molecule has 7 nitrogen and oxygen atoms in total. The molecule has 0 saturated heterocycles. The highest BCUT2D eigenvalue weighted by atomic mass is 32.1. The Morgan fingerprint density at radius 3 is 3.12 bits per heavy atom. The van der Waals surface area contributed by atoms with Crippen molar-refractivity contribution in [1.82, 2.24) is 25.3 Å². The molecular formula is C9H11N5O2S. The van der Waals surface area contributed by atoms with E-state index in [1.165, 1.54) is 19.0 Å². The number of tetrazole rings is 1. The van der Waals surface area contributed by atoms with Crippen LogP contribution in [0.5, 0.6) is 0 Å². The minimum absolute atomic E-state index is 0.00147. The predicted octanol–water partition coefficient (Wildman–Crippen LogP) is 0.421. The first-order valence-corrected chi connectivity index (χ1v) is 5.76. The molecular weight excluding hydrogens is 242 g/mol. The van der Waals surface area contributed by atoms with Crippen molar-refractivity contribution in [3.8, 4) is 11.4 Å². The molecule has 0 unspecified atom stereocenters. The van der Waals surface area contributed by atoms with E-state index in [0.29, 0.717) is 5.82 Å². The van der Waals surface area contributed by atoms with Gasteiger partial charge in [-0.25, -0.2) is 5.06 Å². The molecule has 0 aliphatic rings. The van der Waals surface area contributed by atoms with Crippen LogP contribution in [0.25, 0.3) is 11.4 Å². The molecule has 0 N–H and O–H groups in total. The molecule has 0 atom stereocenters. The number of hydroxylamine groups is 2. The second-order valence-electron chi connectivity index (χ2n) is 3.23. The lowest BCUT2D eigenvalue weighted by molar-refractivity contribution is -0.169. The molecule has 0 aromatic carbocycles. The molecule has 2 rings (SSSR count). The van der Waals surface area contributed by atoms with Crippen LogP contribution in [0.15, 0.2) is 16.8 Å². The van der Waals surface area contributed by atoms with Gasteiger partial charge < -0.3 is 0 Å². The minimum Gasteiger partial charge on any atom is -0.275 e. The van der Waals surface area contributed by atoms with Crippen molar-refractivity contribution >= 4 is 17.2 Å². The van der Waals surface area contributed by atoms with Gasteiger partial charge in [0.15, 0.2) is 0 Å². The number of nitrogens with zero attached hydrogens (tertiary/aromatic N) is 5. The molecule has 0 radical (unpaired) electrons. The van der Waals surface area contributed by atoms with Crippen molar-refractivity contribution in [3.63, 3.8) is 0 Å². The summed E-state index contributed by atoms with van der Waals surface area (Å²) in [6.45, 7) is 0.00147. The quantitative estimate of drug-likeness (QED) is 0.738. The normalized spacial score (nSPS) is 10.5. The summed E-state index contributed by atoms with van der Waals surface area (Å²) in [5.41, 5.74) is 0.897. The first kappa shape index (κ1) is 11.7. The topological polar surface area (TPSA) is 73.1 Å². The minimum atomic E-state index is -0.248. The van der Waals surface area contributed by atoms with Gasteiger partial charge in [0.2, 0.25) is 5.82 Å². The Morgan fingerprint density at radius 2 is 2.47 bits per heavy atom. The molecule has 8 heteroatoms. The van der Waals surface area contributed by atoms with E-state index in [0.717, 1.165) is 10.6 Å². The summed E-state index contributed by atoms with van der Waals surface area (Å²) in [6, 6.07) is 1.90. The summed E-state index contributed by atoms with van der Waals surface area (Å²) in [5.74, 6) is 0.265. The molecule has 0 bridgehead atoms. The molecule has 0 fully saturated rings. The molecule has 2 heterocycles. The summed E-state index contributed by atoms with van der Waals surface area (Å²) < 4.78 is 0. The summed E-state index contributed by atoms with van der Waals surface area (Å²) >= 11 is 1.55. The smallest absolute Gasteiger partial charge is 0.269 e. The standard InChI is InChI=1S/C9H11N5O2S/c1-13(16-2)8(15)5-14-11-9(10-12-14)7-3-4-17-6-7/h3-4,6H,5H2,1-2H3. The highest BCUT2D eigenvalue weighted by molar-refractivity contribution is 7.08. The van der Waals surface area contributed by atoms with Crippen LogP contribution in [0.3, 0.4) is 0 Å². The van der Waals surface area contributed by atoms with Crippen LogP contribution in [-0.4, -0.2) is 45.3 Å². The van der Waals surface area contributed by atoms with Crippen LogP contribution >= 0.6 is 11.3 Å². The maximum absolute atomic E-state index is 11.5. The van der Waals surface area contributed by atoms with Gasteiger partial charge in [0, 0.05) is 18.0 Å². The maximum atomic E-state index is 11.5. The van der Waals surface area contributed by atoms with Crippen LogP contribution in [-0.2, 0) is 16.2 Å². The molecule has 0 spiro atoms. The van der Waals surface area contributed by atoms with Gasteiger partial charge in [-0.2, -0.15) is 16.1 Å². The number of hydrogen-bond acceptors (Lipinski definition) is 6. The van der Waals surface area contributed by atoms with Crippen molar-refractivity contribution < 1.29 is 9.63 Å². The lowest BCUT2D eigenvalue weighted by atomic mass is 10.3. The second kappa shape index (κ2) is 5.02. The van der Waals surface area contributed by atoms with Crippen LogP contribution in [0, 0.1) is 0 Å². The van der Waals surface area contributed by atoms with Crippen molar-refractivity contribution in [2.45, 2.75) is 6.54 Å². The third-order valence-corrected chi connectivity index (χ3v) is 2.82. The second-order valence-corrected chi connectivity index (χ2v) is 4.01.